The first-order valence-corrected chi connectivity index (χ1v) is 7.36. The Balaban J connectivity index is 4.08. The Morgan fingerprint density at radius 2 is 1.90 bits per heavy atom. The molecule has 20 heavy (non-hydrogen) atoms. The van der Waals surface area contributed by atoms with Crippen molar-refractivity contribution in [3.63, 3.8) is 0 Å². The van der Waals surface area contributed by atoms with Gasteiger partial charge in [-0.05, 0) is 19.3 Å². The molecule has 5 nitrogen and oxygen atoms in total. The molecule has 1 atom stereocenters. The SMILES string of the molecule is C=CCCOC(=O)N[C@@H](CCC)C(=O)OCCCCC. The van der Waals surface area contributed by atoms with Crippen LogP contribution in [0.25, 0.3) is 0 Å². The molecule has 0 bridgehead atoms. The lowest BCUT2D eigenvalue weighted by atomic mass is 10.2. The van der Waals surface area contributed by atoms with E-state index in [0.717, 1.165) is 25.7 Å². The summed E-state index contributed by atoms with van der Waals surface area (Å²) in [6.45, 7) is 8.24. The van der Waals surface area contributed by atoms with Crippen molar-refractivity contribution in [1.82, 2.24) is 5.32 Å². The predicted molar refractivity (Wildman–Crippen MR) is 78.5 cm³/mol. The van der Waals surface area contributed by atoms with Gasteiger partial charge < -0.3 is 14.8 Å². The van der Waals surface area contributed by atoms with Crippen LogP contribution in [-0.2, 0) is 14.3 Å². The lowest BCUT2D eigenvalue weighted by molar-refractivity contribution is -0.146. The van der Waals surface area contributed by atoms with Crippen molar-refractivity contribution in [2.75, 3.05) is 13.2 Å². The van der Waals surface area contributed by atoms with Crippen LogP contribution in [0, 0.1) is 0 Å². The Hall–Kier alpha value is -1.52. The standard InChI is InChI=1S/C15H27NO4/c1-4-7-9-12-19-14(17)13(10-6-3)16-15(18)20-11-8-5-2/h5,13H,2,4,6-12H2,1,3H3,(H,16,18)/t13-/m0/s1. The second-order valence-corrected chi connectivity index (χ2v) is 4.57. The van der Waals surface area contributed by atoms with Crippen LogP contribution in [0.1, 0.15) is 52.4 Å². The Kier molecular flexibility index (Phi) is 11.6. The van der Waals surface area contributed by atoms with Gasteiger partial charge in [-0.15, -0.1) is 6.58 Å². The number of carbonyl (C=O) groups is 2. The van der Waals surface area contributed by atoms with Gasteiger partial charge in [-0.3, -0.25) is 0 Å². The van der Waals surface area contributed by atoms with E-state index in [4.69, 9.17) is 9.47 Å². The zero-order valence-electron chi connectivity index (χ0n) is 12.7. The molecule has 0 aliphatic carbocycles. The van der Waals surface area contributed by atoms with Crippen LogP contribution < -0.4 is 5.32 Å². The van der Waals surface area contributed by atoms with Crippen molar-refractivity contribution < 1.29 is 19.1 Å². The van der Waals surface area contributed by atoms with Crippen LogP contribution in [-0.4, -0.2) is 31.3 Å². The molecule has 0 rings (SSSR count). The van der Waals surface area contributed by atoms with Gasteiger partial charge in [0.05, 0.1) is 13.2 Å². The molecular weight excluding hydrogens is 258 g/mol. The molecule has 0 saturated heterocycles. The number of carbonyl (C=O) groups excluding carboxylic acids is 2. The molecule has 0 unspecified atom stereocenters. The molecule has 0 spiro atoms. The molecule has 0 aliphatic heterocycles. The summed E-state index contributed by atoms with van der Waals surface area (Å²) in [5, 5.41) is 2.55. The van der Waals surface area contributed by atoms with Crippen molar-refractivity contribution in [2.24, 2.45) is 0 Å². The van der Waals surface area contributed by atoms with Crippen LogP contribution in [0.4, 0.5) is 4.79 Å². The number of unbranched alkanes of at least 4 members (excludes halogenated alkanes) is 2. The number of hydrogen-bond acceptors (Lipinski definition) is 4. The summed E-state index contributed by atoms with van der Waals surface area (Å²) in [5.41, 5.74) is 0. The minimum Gasteiger partial charge on any atom is -0.464 e. The maximum absolute atomic E-state index is 11.9. The molecule has 0 heterocycles. The molecule has 0 aromatic rings. The predicted octanol–water partition coefficient (Wildman–Crippen LogP) is 3.19. The monoisotopic (exact) mass is 285 g/mol. The summed E-state index contributed by atoms with van der Waals surface area (Å²) in [7, 11) is 0. The maximum atomic E-state index is 11.9. The molecule has 0 aliphatic rings. The minimum absolute atomic E-state index is 0.264. The highest BCUT2D eigenvalue weighted by molar-refractivity contribution is 5.81. The number of rotatable bonds is 11. The third-order valence-electron chi connectivity index (χ3n) is 2.70. The Morgan fingerprint density at radius 1 is 1.15 bits per heavy atom. The van der Waals surface area contributed by atoms with E-state index < -0.39 is 12.1 Å². The molecule has 0 fully saturated rings. The average molecular weight is 285 g/mol. The smallest absolute Gasteiger partial charge is 0.407 e. The molecule has 0 saturated carbocycles. The number of hydrogen-bond donors (Lipinski definition) is 1. The highest BCUT2D eigenvalue weighted by atomic mass is 16.6. The third kappa shape index (κ3) is 9.42. The van der Waals surface area contributed by atoms with Crippen molar-refractivity contribution in [2.45, 2.75) is 58.4 Å². The Bertz CT molecular complexity index is 292. The Labute approximate surface area is 121 Å². The van der Waals surface area contributed by atoms with E-state index in [0.29, 0.717) is 19.4 Å². The van der Waals surface area contributed by atoms with Gasteiger partial charge in [0, 0.05) is 0 Å². The number of nitrogens with one attached hydrogen (secondary N) is 1. The minimum atomic E-state index is -0.627. The fourth-order valence-corrected chi connectivity index (χ4v) is 1.58. The molecule has 0 aromatic carbocycles. The Morgan fingerprint density at radius 3 is 2.50 bits per heavy atom. The van der Waals surface area contributed by atoms with E-state index in [1.165, 1.54) is 0 Å². The van der Waals surface area contributed by atoms with E-state index in [1.54, 1.807) is 6.08 Å². The van der Waals surface area contributed by atoms with Crippen molar-refractivity contribution in [1.29, 1.82) is 0 Å². The zero-order valence-corrected chi connectivity index (χ0v) is 12.7. The maximum Gasteiger partial charge on any atom is 0.407 e. The van der Waals surface area contributed by atoms with Crippen LogP contribution in [0.15, 0.2) is 12.7 Å². The van der Waals surface area contributed by atoms with Crippen LogP contribution in [0.2, 0.25) is 0 Å². The zero-order chi connectivity index (χ0) is 15.2. The molecule has 116 valence electrons. The molecular formula is C15H27NO4. The molecule has 0 radical (unpaired) electrons. The van der Waals surface area contributed by atoms with Gasteiger partial charge in [-0.25, -0.2) is 9.59 Å². The lowest BCUT2D eigenvalue weighted by Gasteiger charge is -2.16. The van der Waals surface area contributed by atoms with Gasteiger partial charge in [-0.2, -0.15) is 0 Å². The van der Waals surface area contributed by atoms with Gasteiger partial charge >= 0.3 is 12.1 Å². The topological polar surface area (TPSA) is 64.6 Å². The fourth-order valence-electron chi connectivity index (χ4n) is 1.58. The van der Waals surface area contributed by atoms with E-state index in [2.05, 4.69) is 18.8 Å². The van der Waals surface area contributed by atoms with Gasteiger partial charge in [0.2, 0.25) is 0 Å². The normalized spacial score (nSPS) is 11.5. The number of ether oxygens (including phenoxy) is 2. The van der Waals surface area contributed by atoms with Crippen molar-refractivity contribution >= 4 is 12.1 Å². The summed E-state index contributed by atoms with van der Waals surface area (Å²) in [5.74, 6) is -0.386. The second-order valence-electron chi connectivity index (χ2n) is 4.57. The second kappa shape index (κ2) is 12.5. The first kappa shape index (κ1) is 18.5. The van der Waals surface area contributed by atoms with Gasteiger partial charge in [0.1, 0.15) is 6.04 Å². The first-order chi connectivity index (χ1) is 9.65. The number of alkyl carbamates (subject to hydrolysis) is 1. The summed E-state index contributed by atoms with van der Waals surface area (Å²) < 4.78 is 10.1. The summed E-state index contributed by atoms with van der Waals surface area (Å²) in [4.78, 5) is 23.4. The highest BCUT2D eigenvalue weighted by Crippen LogP contribution is 2.02. The van der Waals surface area contributed by atoms with Gasteiger partial charge in [0.15, 0.2) is 0 Å². The van der Waals surface area contributed by atoms with E-state index >= 15 is 0 Å². The van der Waals surface area contributed by atoms with Crippen LogP contribution in [0.5, 0.6) is 0 Å². The molecule has 1 amide bonds. The number of amides is 1. The van der Waals surface area contributed by atoms with Gasteiger partial charge in [0.25, 0.3) is 0 Å². The average Bonchev–Trinajstić information content (AvgIpc) is 2.43. The first-order valence-electron chi connectivity index (χ1n) is 7.36. The lowest BCUT2D eigenvalue weighted by Crippen LogP contribution is -2.42. The summed E-state index contributed by atoms with van der Waals surface area (Å²) in [6, 6.07) is -0.627. The molecule has 1 N–H and O–H groups in total. The van der Waals surface area contributed by atoms with E-state index in [-0.39, 0.29) is 12.6 Å². The van der Waals surface area contributed by atoms with E-state index in [9.17, 15) is 9.59 Å². The quantitative estimate of drug-likeness (QED) is 0.360. The highest BCUT2D eigenvalue weighted by Gasteiger charge is 2.21. The summed E-state index contributed by atoms with van der Waals surface area (Å²) in [6.07, 6.45) is 5.95. The van der Waals surface area contributed by atoms with Crippen molar-refractivity contribution in [3.8, 4) is 0 Å². The van der Waals surface area contributed by atoms with E-state index in [1.807, 2.05) is 6.92 Å². The number of esters is 1. The molecule has 0 aromatic heterocycles. The van der Waals surface area contributed by atoms with Crippen LogP contribution in [0.3, 0.4) is 0 Å². The fraction of sp³-hybridized carbons (Fsp3) is 0.733. The van der Waals surface area contributed by atoms with Crippen LogP contribution >= 0.6 is 0 Å². The largest absolute Gasteiger partial charge is 0.464 e. The summed E-state index contributed by atoms with van der Waals surface area (Å²) >= 11 is 0. The molecule has 5 heteroatoms. The van der Waals surface area contributed by atoms with Gasteiger partial charge in [-0.1, -0.05) is 39.2 Å². The van der Waals surface area contributed by atoms with Crippen molar-refractivity contribution in [3.05, 3.63) is 12.7 Å². The third-order valence-corrected chi connectivity index (χ3v) is 2.70.